The van der Waals surface area contributed by atoms with Crippen LogP contribution in [-0.2, 0) is 16.4 Å². The second kappa shape index (κ2) is 5.28. The molecule has 0 saturated heterocycles. The average Bonchev–Trinajstić information content (AvgIpc) is 2.47. The minimum absolute atomic E-state index is 0.205. The third-order valence-corrected chi connectivity index (χ3v) is 6.77. The fourth-order valence-electron chi connectivity index (χ4n) is 3.37. The Hall–Kier alpha value is -1.23. The maximum atomic E-state index is 12.9. The van der Waals surface area contributed by atoms with Crippen molar-refractivity contribution in [1.82, 2.24) is 0 Å². The van der Waals surface area contributed by atoms with Gasteiger partial charge in [0, 0.05) is 12.2 Å². The largest absolute Gasteiger partial charge is 0.399 e. The molecule has 0 radical (unpaired) electrons. The molecule has 1 aliphatic heterocycles. The van der Waals surface area contributed by atoms with E-state index in [1.807, 2.05) is 18.2 Å². The van der Waals surface area contributed by atoms with Gasteiger partial charge in [-0.2, -0.15) is 0 Å². The molecule has 2 aliphatic rings. The van der Waals surface area contributed by atoms with E-state index < -0.39 is 10.0 Å². The molecular formula is C15H22N2O2S. The van der Waals surface area contributed by atoms with Crippen molar-refractivity contribution in [3.05, 3.63) is 23.8 Å². The highest BCUT2D eigenvalue weighted by Gasteiger charge is 2.35. The van der Waals surface area contributed by atoms with Crippen molar-refractivity contribution in [3.63, 3.8) is 0 Å². The van der Waals surface area contributed by atoms with Crippen LogP contribution in [0.15, 0.2) is 18.2 Å². The summed E-state index contributed by atoms with van der Waals surface area (Å²) in [7, 11) is -3.24. The van der Waals surface area contributed by atoms with Crippen LogP contribution >= 0.6 is 0 Å². The molecule has 3 rings (SSSR count). The van der Waals surface area contributed by atoms with Gasteiger partial charge >= 0.3 is 0 Å². The number of hydrogen-bond donors (Lipinski definition) is 1. The highest BCUT2D eigenvalue weighted by molar-refractivity contribution is 7.93. The van der Waals surface area contributed by atoms with Crippen molar-refractivity contribution in [2.45, 2.75) is 50.2 Å². The summed E-state index contributed by atoms with van der Waals surface area (Å²) in [6.07, 6.45) is 6.65. The maximum absolute atomic E-state index is 12.9. The quantitative estimate of drug-likeness (QED) is 0.853. The Morgan fingerprint density at radius 1 is 1.10 bits per heavy atom. The van der Waals surface area contributed by atoms with Crippen LogP contribution in [0.5, 0.6) is 0 Å². The van der Waals surface area contributed by atoms with E-state index in [9.17, 15) is 8.42 Å². The molecule has 20 heavy (non-hydrogen) atoms. The first-order chi connectivity index (χ1) is 9.59. The van der Waals surface area contributed by atoms with Crippen LogP contribution in [-0.4, -0.2) is 20.2 Å². The predicted molar refractivity (Wildman–Crippen MR) is 82.3 cm³/mol. The average molecular weight is 294 g/mol. The lowest BCUT2D eigenvalue weighted by molar-refractivity contribution is 0.480. The van der Waals surface area contributed by atoms with E-state index in [4.69, 9.17) is 5.73 Å². The van der Waals surface area contributed by atoms with E-state index in [-0.39, 0.29) is 5.25 Å². The Balaban J connectivity index is 1.97. The van der Waals surface area contributed by atoms with E-state index >= 15 is 0 Å². The number of nitrogen functional groups attached to an aromatic ring is 1. The second-order valence-corrected chi connectivity index (χ2v) is 8.01. The summed E-state index contributed by atoms with van der Waals surface area (Å²) in [6, 6.07) is 5.64. The lowest BCUT2D eigenvalue weighted by Gasteiger charge is -2.35. The SMILES string of the molecule is Nc1ccc2c(c1)N(S(=O)(=O)C1CCCCC1)CCC2. The third-order valence-electron chi connectivity index (χ3n) is 4.47. The van der Waals surface area contributed by atoms with Gasteiger partial charge in [-0.3, -0.25) is 4.31 Å². The minimum Gasteiger partial charge on any atom is -0.399 e. The molecule has 1 saturated carbocycles. The number of anilines is 2. The van der Waals surface area contributed by atoms with Crippen molar-refractivity contribution < 1.29 is 8.42 Å². The van der Waals surface area contributed by atoms with Crippen molar-refractivity contribution in [3.8, 4) is 0 Å². The number of aryl methyl sites for hydroxylation is 1. The minimum atomic E-state index is -3.24. The topological polar surface area (TPSA) is 63.4 Å². The van der Waals surface area contributed by atoms with Crippen molar-refractivity contribution in [1.29, 1.82) is 0 Å². The second-order valence-electron chi connectivity index (χ2n) is 5.87. The van der Waals surface area contributed by atoms with Crippen LogP contribution in [0.3, 0.4) is 0 Å². The summed E-state index contributed by atoms with van der Waals surface area (Å²) in [5.41, 5.74) is 8.39. The zero-order valence-electron chi connectivity index (χ0n) is 11.7. The van der Waals surface area contributed by atoms with Gasteiger partial charge in [-0.25, -0.2) is 8.42 Å². The van der Waals surface area contributed by atoms with Gasteiger partial charge in [0.1, 0.15) is 0 Å². The Morgan fingerprint density at radius 2 is 1.85 bits per heavy atom. The summed E-state index contributed by atoms with van der Waals surface area (Å²) >= 11 is 0. The van der Waals surface area contributed by atoms with Gasteiger partial charge in [0.2, 0.25) is 10.0 Å². The molecule has 5 heteroatoms. The molecule has 2 N–H and O–H groups in total. The third kappa shape index (κ3) is 2.39. The Labute approximate surface area is 121 Å². The van der Waals surface area contributed by atoms with Gasteiger partial charge in [-0.15, -0.1) is 0 Å². The van der Waals surface area contributed by atoms with E-state index in [0.717, 1.165) is 56.2 Å². The summed E-state index contributed by atoms with van der Waals surface area (Å²) in [4.78, 5) is 0. The molecular weight excluding hydrogens is 272 g/mol. The summed E-state index contributed by atoms with van der Waals surface area (Å²) in [5, 5.41) is -0.205. The van der Waals surface area contributed by atoms with Gasteiger partial charge in [0.05, 0.1) is 10.9 Å². The lowest BCUT2D eigenvalue weighted by atomic mass is 10.0. The van der Waals surface area contributed by atoms with Crippen LogP contribution in [0.1, 0.15) is 44.1 Å². The molecule has 0 atom stereocenters. The summed E-state index contributed by atoms with van der Waals surface area (Å²) in [5.74, 6) is 0. The molecule has 0 unspecified atom stereocenters. The molecule has 1 aromatic carbocycles. The van der Waals surface area contributed by atoms with E-state index in [1.165, 1.54) is 0 Å². The Bertz CT molecular complexity index is 592. The van der Waals surface area contributed by atoms with Crippen LogP contribution in [0.2, 0.25) is 0 Å². The maximum Gasteiger partial charge on any atom is 0.238 e. The number of hydrogen-bond acceptors (Lipinski definition) is 3. The van der Waals surface area contributed by atoms with Crippen LogP contribution in [0.4, 0.5) is 11.4 Å². The van der Waals surface area contributed by atoms with Crippen LogP contribution in [0.25, 0.3) is 0 Å². The number of fused-ring (bicyclic) bond motifs is 1. The number of nitrogens with two attached hydrogens (primary N) is 1. The highest BCUT2D eigenvalue weighted by atomic mass is 32.2. The monoisotopic (exact) mass is 294 g/mol. The molecule has 1 fully saturated rings. The van der Waals surface area contributed by atoms with Crippen molar-refractivity contribution >= 4 is 21.4 Å². The summed E-state index contributed by atoms with van der Waals surface area (Å²) < 4.78 is 27.4. The first-order valence-corrected chi connectivity index (χ1v) is 8.99. The van der Waals surface area contributed by atoms with Crippen LogP contribution < -0.4 is 10.0 Å². The fourth-order valence-corrected chi connectivity index (χ4v) is 5.48. The molecule has 0 amide bonds. The number of sulfonamides is 1. The number of benzene rings is 1. The number of rotatable bonds is 2. The standard InChI is InChI=1S/C15H22N2O2S/c16-13-9-8-12-5-4-10-17(15(12)11-13)20(18,19)14-6-2-1-3-7-14/h8-9,11,14H,1-7,10,16H2. The zero-order chi connectivity index (χ0) is 14.2. The highest BCUT2D eigenvalue weighted by Crippen LogP contribution is 2.35. The first-order valence-electron chi connectivity index (χ1n) is 7.49. The molecule has 1 aromatic rings. The molecule has 1 heterocycles. The first kappa shape index (κ1) is 13.7. The molecule has 110 valence electrons. The Morgan fingerprint density at radius 3 is 2.60 bits per heavy atom. The van der Waals surface area contributed by atoms with Crippen LogP contribution in [0, 0.1) is 0 Å². The molecule has 0 aromatic heterocycles. The zero-order valence-corrected chi connectivity index (χ0v) is 12.5. The normalized spacial score (nSPS) is 20.7. The van der Waals surface area contributed by atoms with Gasteiger partial charge in [-0.1, -0.05) is 25.3 Å². The predicted octanol–water partition coefficient (Wildman–Crippen LogP) is 2.68. The molecule has 4 nitrogen and oxygen atoms in total. The van der Waals surface area contributed by atoms with E-state index in [0.29, 0.717) is 12.2 Å². The van der Waals surface area contributed by atoms with Gasteiger partial charge in [-0.05, 0) is 43.4 Å². The van der Waals surface area contributed by atoms with E-state index in [2.05, 4.69) is 0 Å². The van der Waals surface area contributed by atoms with Crippen molar-refractivity contribution in [2.75, 3.05) is 16.6 Å². The Kier molecular flexibility index (Phi) is 3.63. The van der Waals surface area contributed by atoms with Gasteiger partial charge in [0.15, 0.2) is 0 Å². The molecule has 0 bridgehead atoms. The smallest absolute Gasteiger partial charge is 0.238 e. The van der Waals surface area contributed by atoms with Gasteiger partial charge in [0.25, 0.3) is 0 Å². The van der Waals surface area contributed by atoms with Crippen molar-refractivity contribution in [2.24, 2.45) is 0 Å². The van der Waals surface area contributed by atoms with E-state index in [1.54, 1.807) is 4.31 Å². The molecule has 0 spiro atoms. The summed E-state index contributed by atoms with van der Waals surface area (Å²) in [6.45, 7) is 0.593. The number of nitrogens with zero attached hydrogens (tertiary/aromatic N) is 1. The van der Waals surface area contributed by atoms with Gasteiger partial charge < -0.3 is 5.73 Å². The lowest BCUT2D eigenvalue weighted by Crippen LogP contribution is -2.42. The molecule has 1 aliphatic carbocycles. The fraction of sp³-hybridized carbons (Fsp3) is 0.600.